The molecular weight excluding hydrogens is 252 g/mol. The first-order valence-corrected chi connectivity index (χ1v) is 7.91. The number of rotatable bonds is 4. The summed E-state index contributed by atoms with van der Waals surface area (Å²) in [4.78, 5) is 0. The van der Waals surface area contributed by atoms with Gasteiger partial charge in [-0.25, -0.2) is 0 Å². The molecule has 21 heavy (non-hydrogen) atoms. The van der Waals surface area contributed by atoms with E-state index in [1.54, 1.807) is 0 Å². The molecule has 0 saturated heterocycles. The normalized spacial score (nSPS) is 14.6. The highest BCUT2D eigenvalue weighted by Crippen LogP contribution is 2.29. The van der Waals surface area contributed by atoms with Crippen molar-refractivity contribution >= 4 is 5.57 Å². The maximum absolute atomic E-state index is 4.25. The largest absolute Gasteiger partial charge is 0.0995 e. The van der Waals surface area contributed by atoms with Crippen LogP contribution in [-0.4, -0.2) is 0 Å². The lowest BCUT2D eigenvalue weighted by Gasteiger charge is -2.15. The van der Waals surface area contributed by atoms with Crippen LogP contribution in [0, 0.1) is 0 Å². The predicted molar refractivity (Wildman–Crippen MR) is 96.5 cm³/mol. The molecule has 0 heterocycles. The quantitative estimate of drug-likeness (QED) is 0.539. The molecule has 0 radical (unpaired) electrons. The molecule has 0 saturated carbocycles. The van der Waals surface area contributed by atoms with Gasteiger partial charge in [-0.15, -0.1) is 0 Å². The molecule has 0 heteroatoms. The average molecular weight is 280 g/mol. The van der Waals surface area contributed by atoms with E-state index in [9.17, 15) is 0 Å². The van der Waals surface area contributed by atoms with E-state index in [0.717, 1.165) is 18.4 Å². The Bertz CT molecular complexity index is 555. The Morgan fingerprint density at radius 2 is 1.86 bits per heavy atom. The third kappa shape index (κ3) is 4.60. The minimum Gasteiger partial charge on any atom is -0.0995 e. The Balaban J connectivity index is 0.00000106. The number of hydrogen-bond acceptors (Lipinski definition) is 0. The third-order valence-corrected chi connectivity index (χ3v) is 3.82. The van der Waals surface area contributed by atoms with Crippen molar-refractivity contribution in [3.63, 3.8) is 0 Å². The zero-order valence-electron chi connectivity index (χ0n) is 13.9. The summed E-state index contributed by atoms with van der Waals surface area (Å²) in [5.41, 5.74) is 6.09. The molecule has 0 bridgehead atoms. The lowest BCUT2D eigenvalue weighted by molar-refractivity contribution is 0.898. The lowest BCUT2D eigenvalue weighted by atomic mass is 9.90. The molecule has 0 aliphatic heterocycles. The molecule has 1 aliphatic carbocycles. The third-order valence-electron chi connectivity index (χ3n) is 3.82. The van der Waals surface area contributed by atoms with Gasteiger partial charge < -0.3 is 0 Å². The van der Waals surface area contributed by atoms with Crippen LogP contribution in [0.25, 0.3) is 5.57 Å². The first-order valence-electron chi connectivity index (χ1n) is 7.91. The first-order chi connectivity index (χ1) is 10.1. The highest BCUT2D eigenvalue weighted by atomic mass is 14.1. The summed E-state index contributed by atoms with van der Waals surface area (Å²) in [7, 11) is 0. The van der Waals surface area contributed by atoms with Crippen LogP contribution >= 0.6 is 0 Å². The molecular formula is C21H28. The van der Waals surface area contributed by atoms with Crippen molar-refractivity contribution in [2.24, 2.45) is 0 Å². The fraction of sp³-hybridized carbons (Fsp3) is 0.333. The Hall–Kier alpha value is -1.82. The van der Waals surface area contributed by atoms with E-state index < -0.39 is 0 Å². The fourth-order valence-corrected chi connectivity index (χ4v) is 2.28. The molecule has 0 nitrogen and oxygen atoms in total. The maximum atomic E-state index is 4.25. The van der Waals surface area contributed by atoms with E-state index in [4.69, 9.17) is 0 Å². The fourth-order valence-electron chi connectivity index (χ4n) is 2.28. The average Bonchev–Trinajstić information content (AvgIpc) is 2.56. The SMILES string of the molecule is C=C(C1=CCCC=C1)c1cccc(C(C)C(=C)C)c1.CC. The van der Waals surface area contributed by atoms with Gasteiger partial charge in [0, 0.05) is 5.92 Å². The molecule has 1 atom stereocenters. The van der Waals surface area contributed by atoms with Crippen molar-refractivity contribution in [1.82, 2.24) is 0 Å². The van der Waals surface area contributed by atoms with Crippen LogP contribution < -0.4 is 0 Å². The van der Waals surface area contributed by atoms with E-state index >= 15 is 0 Å². The maximum Gasteiger partial charge on any atom is 0.00145 e. The number of hydrogen-bond donors (Lipinski definition) is 0. The molecule has 0 spiro atoms. The molecule has 1 aromatic rings. The zero-order valence-corrected chi connectivity index (χ0v) is 13.9. The number of benzene rings is 1. The second kappa shape index (κ2) is 8.46. The topological polar surface area (TPSA) is 0 Å². The van der Waals surface area contributed by atoms with E-state index in [0.29, 0.717) is 5.92 Å². The van der Waals surface area contributed by atoms with Crippen molar-refractivity contribution in [3.05, 3.63) is 77.9 Å². The van der Waals surface area contributed by atoms with Crippen molar-refractivity contribution in [3.8, 4) is 0 Å². The second-order valence-corrected chi connectivity index (χ2v) is 5.31. The molecule has 2 rings (SSSR count). The van der Waals surface area contributed by atoms with Crippen LogP contribution in [0.2, 0.25) is 0 Å². The summed E-state index contributed by atoms with van der Waals surface area (Å²) >= 11 is 0. The van der Waals surface area contributed by atoms with Crippen LogP contribution in [0.3, 0.4) is 0 Å². The van der Waals surface area contributed by atoms with Gasteiger partial charge in [-0.05, 0) is 42.0 Å². The Kier molecular flexibility index (Phi) is 6.94. The number of allylic oxidation sites excluding steroid dienone is 6. The van der Waals surface area contributed by atoms with Gasteiger partial charge in [0.25, 0.3) is 0 Å². The van der Waals surface area contributed by atoms with Crippen LogP contribution in [0.5, 0.6) is 0 Å². The summed E-state index contributed by atoms with van der Waals surface area (Å²) in [6.07, 6.45) is 8.94. The highest BCUT2D eigenvalue weighted by Gasteiger charge is 2.09. The molecule has 112 valence electrons. The summed E-state index contributed by atoms with van der Waals surface area (Å²) in [6, 6.07) is 8.66. The molecule has 0 N–H and O–H groups in total. The zero-order chi connectivity index (χ0) is 15.8. The minimum atomic E-state index is 0.392. The Morgan fingerprint density at radius 3 is 2.43 bits per heavy atom. The summed E-state index contributed by atoms with van der Waals surface area (Å²) < 4.78 is 0. The Labute approximate surface area is 130 Å². The van der Waals surface area contributed by atoms with Gasteiger partial charge in [0.05, 0.1) is 0 Å². The van der Waals surface area contributed by atoms with Gasteiger partial charge in [0.1, 0.15) is 0 Å². The summed E-state index contributed by atoms with van der Waals surface area (Å²) in [6.45, 7) is 16.6. The summed E-state index contributed by atoms with van der Waals surface area (Å²) in [5.74, 6) is 0.392. The van der Waals surface area contributed by atoms with Crippen molar-refractivity contribution in [2.75, 3.05) is 0 Å². The van der Waals surface area contributed by atoms with Crippen LogP contribution in [0.15, 0.2) is 66.8 Å². The van der Waals surface area contributed by atoms with Crippen molar-refractivity contribution < 1.29 is 0 Å². The minimum absolute atomic E-state index is 0.392. The van der Waals surface area contributed by atoms with Crippen LogP contribution in [-0.2, 0) is 0 Å². The van der Waals surface area contributed by atoms with Crippen molar-refractivity contribution in [2.45, 2.75) is 46.5 Å². The van der Waals surface area contributed by atoms with Gasteiger partial charge in [-0.3, -0.25) is 0 Å². The van der Waals surface area contributed by atoms with Gasteiger partial charge in [0.15, 0.2) is 0 Å². The van der Waals surface area contributed by atoms with Gasteiger partial charge in [-0.1, -0.05) is 82.0 Å². The van der Waals surface area contributed by atoms with Crippen LogP contribution in [0.4, 0.5) is 0 Å². The predicted octanol–water partition coefficient (Wildman–Crippen LogP) is 6.68. The van der Waals surface area contributed by atoms with Gasteiger partial charge in [-0.2, -0.15) is 0 Å². The van der Waals surface area contributed by atoms with Gasteiger partial charge in [0.2, 0.25) is 0 Å². The van der Waals surface area contributed by atoms with Crippen molar-refractivity contribution in [1.29, 1.82) is 0 Å². The molecule has 0 fully saturated rings. The monoisotopic (exact) mass is 280 g/mol. The van der Waals surface area contributed by atoms with Crippen LogP contribution in [0.1, 0.15) is 57.6 Å². The van der Waals surface area contributed by atoms with E-state index in [-0.39, 0.29) is 0 Å². The Morgan fingerprint density at radius 1 is 1.14 bits per heavy atom. The van der Waals surface area contributed by atoms with Gasteiger partial charge >= 0.3 is 0 Å². The highest BCUT2D eigenvalue weighted by molar-refractivity contribution is 5.80. The molecule has 0 amide bonds. The smallest absolute Gasteiger partial charge is 0.00145 e. The van der Waals surface area contributed by atoms with E-state index in [1.165, 1.54) is 22.3 Å². The van der Waals surface area contributed by atoms with E-state index in [2.05, 4.69) is 69.5 Å². The first kappa shape index (κ1) is 17.2. The molecule has 1 aromatic carbocycles. The molecule has 1 unspecified atom stereocenters. The second-order valence-electron chi connectivity index (χ2n) is 5.31. The lowest BCUT2D eigenvalue weighted by Crippen LogP contribution is -1.96. The molecule has 1 aliphatic rings. The standard InChI is InChI=1S/C19H22.C2H6/c1-14(2)15(3)18-11-8-12-19(13-18)16(4)17-9-6-5-7-10-17;1-2/h6,8-13,15H,1,4-5,7H2,2-3H3;1-2H3. The molecule has 0 aromatic heterocycles. The van der Waals surface area contributed by atoms with E-state index in [1.807, 2.05) is 13.8 Å². The summed E-state index contributed by atoms with van der Waals surface area (Å²) in [5, 5.41) is 0.